The number of ether oxygens (including phenoxy) is 1. The van der Waals surface area contributed by atoms with E-state index in [0.29, 0.717) is 18.0 Å². The van der Waals surface area contributed by atoms with Crippen molar-refractivity contribution < 1.29 is 14.3 Å². The molecule has 0 saturated heterocycles. The average molecular weight is 431 g/mol. The first-order chi connectivity index (χ1) is 15.6. The van der Waals surface area contributed by atoms with Gasteiger partial charge in [-0.1, -0.05) is 36.4 Å². The normalized spacial score (nSPS) is 14.2. The summed E-state index contributed by atoms with van der Waals surface area (Å²) in [6.07, 6.45) is 4.48. The van der Waals surface area contributed by atoms with Gasteiger partial charge in [0.25, 0.3) is 0 Å². The van der Waals surface area contributed by atoms with E-state index in [-0.39, 0.29) is 6.04 Å². The maximum absolute atomic E-state index is 12.5. The first-order valence-corrected chi connectivity index (χ1v) is 10.6. The number of pyridine rings is 1. The second-order valence-electron chi connectivity index (χ2n) is 7.69. The van der Waals surface area contributed by atoms with Gasteiger partial charge in [0, 0.05) is 43.8 Å². The number of methoxy groups -OCH3 is 1. The fourth-order valence-electron chi connectivity index (χ4n) is 3.97. The highest BCUT2D eigenvalue weighted by atomic mass is 16.5. The van der Waals surface area contributed by atoms with Gasteiger partial charge < -0.3 is 15.4 Å². The first kappa shape index (κ1) is 21.5. The smallest absolute Gasteiger partial charge is 0.313 e. The summed E-state index contributed by atoms with van der Waals surface area (Å²) in [5, 5.41) is 5.41. The third kappa shape index (κ3) is 5.12. The van der Waals surface area contributed by atoms with Crippen LogP contribution in [0.15, 0.2) is 73.1 Å². The van der Waals surface area contributed by atoms with E-state index in [1.54, 1.807) is 37.6 Å². The molecule has 1 aliphatic rings. The molecule has 0 radical (unpaired) electrons. The van der Waals surface area contributed by atoms with Crippen molar-refractivity contribution in [1.82, 2.24) is 15.2 Å². The Morgan fingerprint density at radius 2 is 1.91 bits per heavy atom. The SMILES string of the molecule is COc1cccc(NC(=O)C(=O)NC[C@@H](c2cccnc2)N2CCc3ccccc3C2)c1. The summed E-state index contributed by atoms with van der Waals surface area (Å²) in [4.78, 5) is 31.5. The van der Waals surface area contributed by atoms with Gasteiger partial charge >= 0.3 is 11.8 Å². The molecule has 164 valence electrons. The molecule has 0 bridgehead atoms. The number of aromatic nitrogens is 1. The molecule has 0 fully saturated rings. The number of nitrogens with one attached hydrogen (secondary N) is 2. The molecule has 1 aromatic heterocycles. The third-order valence-electron chi connectivity index (χ3n) is 5.66. The number of rotatable bonds is 6. The lowest BCUT2D eigenvalue weighted by molar-refractivity contribution is -0.136. The van der Waals surface area contributed by atoms with Crippen LogP contribution >= 0.6 is 0 Å². The summed E-state index contributed by atoms with van der Waals surface area (Å²) < 4.78 is 5.15. The van der Waals surface area contributed by atoms with Crippen LogP contribution in [-0.2, 0) is 22.6 Å². The minimum atomic E-state index is -0.716. The van der Waals surface area contributed by atoms with Gasteiger partial charge in [-0.25, -0.2) is 0 Å². The standard InChI is InChI=1S/C25H26N4O3/c1-32-22-10-4-9-21(14-22)28-25(31)24(30)27-16-23(19-8-5-12-26-15-19)29-13-11-18-6-2-3-7-20(18)17-29/h2-10,12,14-15,23H,11,13,16-17H2,1H3,(H,27,30)(H,28,31)/t23-/m0/s1. The van der Waals surface area contributed by atoms with E-state index in [4.69, 9.17) is 4.74 Å². The van der Waals surface area contributed by atoms with E-state index in [2.05, 4.69) is 38.7 Å². The van der Waals surface area contributed by atoms with Crippen molar-refractivity contribution in [3.63, 3.8) is 0 Å². The summed E-state index contributed by atoms with van der Waals surface area (Å²) in [5.74, 6) is -0.795. The zero-order valence-electron chi connectivity index (χ0n) is 18.0. The molecule has 7 nitrogen and oxygen atoms in total. The zero-order valence-corrected chi connectivity index (χ0v) is 18.0. The van der Waals surface area contributed by atoms with Crippen LogP contribution in [0.5, 0.6) is 5.75 Å². The molecule has 32 heavy (non-hydrogen) atoms. The predicted octanol–water partition coefficient (Wildman–Crippen LogP) is 2.94. The second kappa shape index (κ2) is 10.1. The number of anilines is 1. The molecule has 3 aromatic rings. The van der Waals surface area contributed by atoms with Crippen molar-refractivity contribution >= 4 is 17.5 Å². The van der Waals surface area contributed by atoms with Gasteiger partial charge in [-0.15, -0.1) is 0 Å². The van der Waals surface area contributed by atoms with Gasteiger partial charge in [0.1, 0.15) is 5.75 Å². The average Bonchev–Trinajstić information content (AvgIpc) is 2.84. The minimum absolute atomic E-state index is 0.0920. The van der Waals surface area contributed by atoms with Gasteiger partial charge in [-0.2, -0.15) is 0 Å². The molecule has 4 rings (SSSR count). The van der Waals surface area contributed by atoms with Crippen LogP contribution in [0.1, 0.15) is 22.7 Å². The zero-order chi connectivity index (χ0) is 22.3. The van der Waals surface area contributed by atoms with Crippen molar-refractivity contribution in [2.45, 2.75) is 19.0 Å². The van der Waals surface area contributed by atoms with E-state index >= 15 is 0 Å². The van der Waals surface area contributed by atoms with Crippen molar-refractivity contribution in [2.24, 2.45) is 0 Å². The van der Waals surface area contributed by atoms with Gasteiger partial charge in [0.05, 0.1) is 13.2 Å². The molecular weight excluding hydrogens is 404 g/mol. The van der Waals surface area contributed by atoms with Crippen LogP contribution in [0.3, 0.4) is 0 Å². The van der Waals surface area contributed by atoms with Crippen LogP contribution in [0.4, 0.5) is 5.69 Å². The summed E-state index contributed by atoms with van der Waals surface area (Å²) >= 11 is 0. The van der Waals surface area contributed by atoms with Crippen molar-refractivity contribution in [3.8, 4) is 5.75 Å². The number of fused-ring (bicyclic) bond motifs is 1. The molecule has 7 heteroatoms. The number of carbonyl (C=O) groups is 2. The number of nitrogens with zero attached hydrogens (tertiary/aromatic N) is 2. The summed E-state index contributed by atoms with van der Waals surface area (Å²) in [5.41, 5.74) is 4.14. The maximum atomic E-state index is 12.5. The molecule has 2 aromatic carbocycles. The monoisotopic (exact) mass is 430 g/mol. The molecule has 2 heterocycles. The van der Waals surface area contributed by atoms with E-state index < -0.39 is 11.8 Å². The molecule has 2 amide bonds. The van der Waals surface area contributed by atoms with E-state index in [0.717, 1.165) is 25.1 Å². The van der Waals surface area contributed by atoms with Crippen molar-refractivity contribution in [2.75, 3.05) is 25.5 Å². The molecule has 1 aliphatic heterocycles. The lowest BCUT2D eigenvalue weighted by Gasteiger charge is -2.35. The Kier molecular flexibility index (Phi) is 6.77. The molecule has 0 unspecified atom stereocenters. The van der Waals surface area contributed by atoms with Crippen molar-refractivity contribution in [3.05, 3.63) is 89.7 Å². The number of carbonyl (C=O) groups excluding carboxylic acids is 2. The van der Waals surface area contributed by atoms with Crippen LogP contribution in [0.2, 0.25) is 0 Å². The molecule has 0 saturated carbocycles. The Morgan fingerprint density at radius 1 is 1.06 bits per heavy atom. The fourth-order valence-corrected chi connectivity index (χ4v) is 3.97. The Morgan fingerprint density at radius 3 is 2.69 bits per heavy atom. The highest BCUT2D eigenvalue weighted by molar-refractivity contribution is 6.39. The topological polar surface area (TPSA) is 83.6 Å². The Labute approximate surface area is 187 Å². The van der Waals surface area contributed by atoms with Crippen LogP contribution < -0.4 is 15.4 Å². The predicted molar refractivity (Wildman–Crippen MR) is 122 cm³/mol. The second-order valence-corrected chi connectivity index (χ2v) is 7.69. The number of hydrogen-bond donors (Lipinski definition) is 2. The first-order valence-electron chi connectivity index (χ1n) is 10.6. The lowest BCUT2D eigenvalue weighted by atomic mass is 9.97. The van der Waals surface area contributed by atoms with Gasteiger partial charge in [-0.3, -0.25) is 19.5 Å². The van der Waals surface area contributed by atoms with Gasteiger partial charge in [-0.05, 0) is 41.3 Å². The molecule has 0 spiro atoms. The molecule has 2 N–H and O–H groups in total. The molecule has 1 atom stereocenters. The van der Waals surface area contributed by atoms with E-state index in [9.17, 15) is 9.59 Å². The van der Waals surface area contributed by atoms with Crippen LogP contribution in [0.25, 0.3) is 0 Å². The number of hydrogen-bond acceptors (Lipinski definition) is 5. The lowest BCUT2D eigenvalue weighted by Crippen LogP contribution is -2.43. The highest BCUT2D eigenvalue weighted by Gasteiger charge is 2.26. The fraction of sp³-hybridized carbons (Fsp3) is 0.240. The van der Waals surface area contributed by atoms with Crippen LogP contribution in [-0.4, -0.2) is 41.9 Å². The Hall–Kier alpha value is -3.71. The summed E-state index contributed by atoms with van der Waals surface area (Å²) in [6, 6.07) is 19.1. The number of amides is 2. The van der Waals surface area contributed by atoms with E-state index in [1.807, 2.05) is 24.4 Å². The quantitative estimate of drug-likeness (QED) is 0.588. The van der Waals surface area contributed by atoms with Gasteiger partial charge in [0.2, 0.25) is 0 Å². The summed E-state index contributed by atoms with van der Waals surface area (Å²) in [6.45, 7) is 1.95. The maximum Gasteiger partial charge on any atom is 0.313 e. The Bertz CT molecular complexity index is 1090. The largest absolute Gasteiger partial charge is 0.497 e. The highest BCUT2D eigenvalue weighted by Crippen LogP contribution is 2.27. The van der Waals surface area contributed by atoms with Gasteiger partial charge in [0.15, 0.2) is 0 Å². The molecule has 0 aliphatic carbocycles. The summed E-state index contributed by atoms with van der Waals surface area (Å²) in [7, 11) is 1.55. The van der Waals surface area contributed by atoms with E-state index in [1.165, 1.54) is 11.1 Å². The van der Waals surface area contributed by atoms with Crippen LogP contribution in [0, 0.1) is 0 Å². The Balaban J connectivity index is 1.43. The minimum Gasteiger partial charge on any atom is -0.497 e. The van der Waals surface area contributed by atoms with Crippen molar-refractivity contribution in [1.29, 1.82) is 0 Å². The molecular formula is C25H26N4O3. The number of benzene rings is 2. The third-order valence-corrected chi connectivity index (χ3v) is 5.66.